The molecule has 0 radical (unpaired) electrons. The van der Waals surface area contributed by atoms with Crippen LogP contribution < -0.4 is 21.1 Å². The Morgan fingerprint density at radius 2 is 1.15 bits per heavy atom. The highest BCUT2D eigenvalue weighted by Crippen LogP contribution is 2.58. The highest BCUT2D eigenvalue weighted by molar-refractivity contribution is 6.74. The van der Waals surface area contributed by atoms with Gasteiger partial charge in [-0.25, -0.2) is 0 Å². The van der Waals surface area contributed by atoms with Gasteiger partial charge < -0.3 is 14.6 Å². The van der Waals surface area contributed by atoms with Crippen LogP contribution in [0.2, 0.25) is 0 Å². The molecule has 6 aromatic carbocycles. The second kappa shape index (κ2) is 12.0. The molecule has 0 atom stereocenters. The molecule has 0 fully saturated rings. The van der Waals surface area contributed by atoms with E-state index in [0.717, 1.165) is 48.0 Å². The Bertz CT molecular complexity index is 2920. The number of hydrogen-bond donors (Lipinski definition) is 1. The topological polar surface area (TPSA) is 28.4 Å². The van der Waals surface area contributed by atoms with E-state index in [9.17, 15) is 0 Å². The summed E-state index contributed by atoms with van der Waals surface area (Å²) in [5.41, 5.74) is 22.1. The molecule has 7 aromatic rings. The van der Waals surface area contributed by atoms with E-state index in [2.05, 4.69) is 183 Å². The Balaban J connectivity index is 1.28. The molecule has 11 rings (SSSR count). The second-order valence-corrected chi connectivity index (χ2v) is 21.6. The minimum Gasteiger partial charge on any atom is -0.455 e. The van der Waals surface area contributed by atoms with Crippen LogP contribution in [0.5, 0.6) is 0 Å². The number of furan rings is 1. The van der Waals surface area contributed by atoms with Crippen LogP contribution in [0.1, 0.15) is 128 Å². The van der Waals surface area contributed by atoms with Crippen LogP contribution in [0.25, 0.3) is 33.1 Å². The number of benzene rings is 6. The standard InChI is InChI=1S/C55H57BN2O/c1-51(2)23-25-53(5,6)39-30-43(57-32-17-12-11-13-18-32)35(27-37(39)51)47-48-45(28-34-33-19-14-15-22-46(33)59-50(34)47)58-44-31-40-38(52(3,4)24-26-54(40,7)8)29-41(44)55(9,10)36-20-16-21-42(56-48)49(36)58/h11-22,27-31,56-57H,23-26H2,1-10H3. The molecule has 0 unspecified atom stereocenters. The molecule has 2 aliphatic carbocycles. The van der Waals surface area contributed by atoms with Crippen molar-refractivity contribution in [3.8, 4) is 11.1 Å². The van der Waals surface area contributed by atoms with Gasteiger partial charge in [0.05, 0.1) is 5.69 Å². The minimum absolute atomic E-state index is 0.0330. The fourth-order valence-electron chi connectivity index (χ4n) is 11.6. The average Bonchev–Trinajstić information content (AvgIpc) is 3.57. The predicted octanol–water partition coefficient (Wildman–Crippen LogP) is 13.5. The van der Waals surface area contributed by atoms with Gasteiger partial charge in [-0.1, -0.05) is 135 Å². The van der Waals surface area contributed by atoms with E-state index in [1.807, 2.05) is 0 Å². The first-order chi connectivity index (χ1) is 28.0. The van der Waals surface area contributed by atoms with Gasteiger partial charge in [-0.15, -0.1) is 0 Å². The zero-order chi connectivity index (χ0) is 41.0. The van der Waals surface area contributed by atoms with Crippen molar-refractivity contribution in [1.82, 2.24) is 0 Å². The molecule has 0 spiro atoms. The smallest absolute Gasteiger partial charge is 0.198 e. The van der Waals surface area contributed by atoms with Crippen LogP contribution in [-0.2, 0) is 27.1 Å². The highest BCUT2D eigenvalue weighted by atomic mass is 16.3. The molecular formula is C55H57BN2O. The average molecular weight is 773 g/mol. The van der Waals surface area contributed by atoms with Gasteiger partial charge in [-0.05, 0) is 129 Å². The molecule has 296 valence electrons. The molecule has 59 heavy (non-hydrogen) atoms. The summed E-state index contributed by atoms with van der Waals surface area (Å²) in [6.07, 6.45) is 4.69. The van der Waals surface area contributed by atoms with Crippen molar-refractivity contribution in [2.24, 2.45) is 0 Å². The third-order valence-electron chi connectivity index (χ3n) is 15.6. The Labute approximate surface area is 351 Å². The number of rotatable bonds is 3. The second-order valence-electron chi connectivity index (χ2n) is 21.6. The Hall–Kier alpha value is -5.22. The van der Waals surface area contributed by atoms with Crippen molar-refractivity contribution < 1.29 is 4.42 Å². The maximum atomic E-state index is 7.12. The molecule has 1 aromatic heterocycles. The van der Waals surface area contributed by atoms with E-state index in [0.29, 0.717) is 0 Å². The molecule has 0 amide bonds. The van der Waals surface area contributed by atoms with E-state index in [-0.39, 0.29) is 27.1 Å². The van der Waals surface area contributed by atoms with E-state index >= 15 is 0 Å². The first-order valence-electron chi connectivity index (χ1n) is 22.1. The zero-order valence-electron chi connectivity index (χ0n) is 36.7. The summed E-state index contributed by atoms with van der Waals surface area (Å²) in [6, 6.07) is 39.2. The molecule has 1 N–H and O–H groups in total. The maximum Gasteiger partial charge on any atom is 0.198 e. The van der Waals surface area contributed by atoms with Crippen LogP contribution in [0.4, 0.5) is 28.4 Å². The first kappa shape index (κ1) is 36.8. The Morgan fingerprint density at radius 3 is 1.85 bits per heavy atom. The van der Waals surface area contributed by atoms with Crippen molar-refractivity contribution in [3.05, 3.63) is 137 Å². The lowest BCUT2D eigenvalue weighted by molar-refractivity contribution is 0.331. The Morgan fingerprint density at radius 1 is 0.542 bits per heavy atom. The molecular weight excluding hydrogens is 715 g/mol. The predicted molar refractivity (Wildman–Crippen MR) is 253 cm³/mol. The number of para-hydroxylation sites is 3. The zero-order valence-corrected chi connectivity index (χ0v) is 36.7. The first-order valence-corrected chi connectivity index (χ1v) is 22.1. The summed E-state index contributed by atoms with van der Waals surface area (Å²) >= 11 is 0. The van der Waals surface area contributed by atoms with Gasteiger partial charge in [0.25, 0.3) is 0 Å². The lowest BCUT2D eigenvalue weighted by atomic mass is 9.55. The van der Waals surface area contributed by atoms with Crippen molar-refractivity contribution in [2.45, 2.75) is 122 Å². The summed E-state index contributed by atoms with van der Waals surface area (Å²) in [5, 5.41) is 6.31. The largest absolute Gasteiger partial charge is 0.455 e. The molecule has 0 bridgehead atoms. The molecule has 0 saturated heterocycles. The van der Waals surface area contributed by atoms with Gasteiger partial charge >= 0.3 is 0 Å². The van der Waals surface area contributed by atoms with Crippen molar-refractivity contribution in [3.63, 3.8) is 0 Å². The monoisotopic (exact) mass is 772 g/mol. The lowest BCUT2D eigenvalue weighted by Crippen LogP contribution is -2.46. The van der Waals surface area contributed by atoms with Gasteiger partial charge in [-0.2, -0.15) is 0 Å². The summed E-state index contributed by atoms with van der Waals surface area (Å²) in [5.74, 6) is 0. The van der Waals surface area contributed by atoms with E-state index in [4.69, 9.17) is 4.42 Å². The van der Waals surface area contributed by atoms with Crippen molar-refractivity contribution in [2.75, 3.05) is 10.2 Å². The number of hydrogen-bond acceptors (Lipinski definition) is 3. The van der Waals surface area contributed by atoms with Gasteiger partial charge in [0.2, 0.25) is 0 Å². The molecule has 0 saturated carbocycles. The SMILES string of the molecule is CC1(C)CCC(C)(C)c2cc(-c3c4c(cc5c3oc3ccccc35)N3c5cc6c(cc5C(C)(C)c5cccc(c53)B4)C(C)(C)CCC6(C)C)c(Nc3ccccc3)cc21. The molecule has 3 nitrogen and oxygen atoms in total. The minimum atomic E-state index is -0.166. The normalized spacial score (nSPS) is 19.5. The van der Waals surface area contributed by atoms with Gasteiger partial charge in [0.15, 0.2) is 7.28 Å². The third kappa shape index (κ3) is 5.20. The number of fused-ring (bicyclic) bond motifs is 9. The van der Waals surface area contributed by atoms with Crippen molar-refractivity contribution in [1.29, 1.82) is 0 Å². The molecule has 4 aliphatic rings. The van der Waals surface area contributed by atoms with Crippen LogP contribution in [0, 0.1) is 0 Å². The molecule has 3 heterocycles. The summed E-state index contributed by atoms with van der Waals surface area (Å²) in [4.78, 5) is 2.68. The van der Waals surface area contributed by atoms with Gasteiger partial charge in [0.1, 0.15) is 11.2 Å². The summed E-state index contributed by atoms with van der Waals surface area (Å²) in [7, 11) is 0.822. The Kier molecular flexibility index (Phi) is 7.47. The quantitative estimate of drug-likeness (QED) is 0.181. The third-order valence-corrected chi connectivity index (χ3v) is 15.6. The van der Waals surface area contributed by atoms with Crippen LogP contribution in [-0.4, -0.2) is 7.28 Å². The van der Waals surface area contributed by atoms with Crippen molar-refractivity contribution >= 4 is 68.6 Å². The van der Waals surface area contributed by atoms with Gasteiger partial charge in [0, 0.05) is 50.1 Å². The summed E-state index contributed by atoms with van der Waals surface area (Å²) < 4.78 is 7.12. The number of anilines is 5. The fraction of sp³-hybridized carbons (Fsp3) is 0.345. The lowest BCUT2D eigenvalue weighted by Gasteiger charge is -2.49. The summed E-state index contributed by atoms with van der Waals surface area (Å²) in [6.45, 7) is 24.5. The van der Waals surface area contributed by atoms with E-state index in [1.54, 1.807) is 0 Å². The molecule has 4 heteroatoms. The van der Waals surface area contributed by atoms with Crippen LogP contribution in [0.15, 0.2) is 108 Å². The number of nitrogens with zero attached hydrogens (tertiary/aromatic N) is 1. The van der Waals surface area contributed by atoms with E-state index < -0.39 is 0 Å². The highest BCUT2D eigenvalue weighted by Gasteiger charge is 2.46. The molecule has 2 aliphatic heterocycles. The van der Waals surface area contributed by atoms with Crippen LogP contribution in [0.3, 0.4) is 0 Å². The maximum absolute atomic E-state index is 7.12. The van der Waals surface area contributed by atoms with Crippen LogP contribution >= 0.6 is 0 Å². The van der Waals surface area contributed by atoms with E-state index in [1.165, 1.54) is 90.7 Å². The fourth-order valence-corrected chi connectivity index (χ4v) is 11.6. The number of nitrogens with one attached hydrogen (secondary N) is 1. The van der Waals surface area contributed by atoms with Gasteiger partial charge in [-0.3, -0.25) is 0 Å².